The van der Waals surface area contributed by atoms with Crippen molar-refractivity contribution < 1.29 is 19.4 Å². The van der Waals surface area contributed by atoms with Crippen molar-refractivity contribution in [2.75, 3.05) is 6.61 Å². The maximum Gasteiger partial charge on any atom is 0.515 e. The van der Waals surface area contributed by atoms with Crippen molar-refractivity contribution in [3.05, 3.63) is 0 Å². The van der Waals surface area contributed by atoms with E-state index in [1.54, 1.807) is 6.92 Å². The van der Waals surface area contributed by atoms with Gasteiger partial charge < -0.3 is 26.0 Å². The summed E-state index contributed by atoms with van der Waals surface area (Å²) in [6.45, 7) is 6.27. The zero-order valence-corrected chi connectivity index (χ0v) is 11.9. The smallest absolute Gasteiger partial charge is 0.487 e. The predicted octanol–water partition coefficient (Wildman–Crippen LogP) is 2.00. The lowest BCUT2D eigenvalue weighted by Gasteiger charge is -1.98. The minimum atomic E-state index is -0.856. The Balaban J connectivity index is -0.000000205. The Bertz CT molecular complexity index is 219. The third kappa shape index (κ3) is 52.3. The monoisotopic (exact) mass is 284 g/mol. The topological polar surface area (TPSA) is 108 Å². The molecular formula is C9H20N2O4S2. The Morgan fingerprint density at radius 3 is 1.71 bits per heavy atom. The molecule has 102 valence electrons. The highest BCUT2D eigenvalue weighted by atomic mass is 32.1. The second kappa shape index (κ2) is 17.3. The summed E-state index contributed by atoms with van der Waals surface area (Å²) < 4.78 is 8.46. The molecular weight excluding hydrogens is 264 g/mol. The van der Waals surface area contributed by atoms with Crippen molar-refractivity contribution in [3.63, 3.8) is 0 Å². The normalized spacial score (nSPS) is 7.47. The van der Waals surface area contributed by atoms with Crippen LogP contribution in [0.15, 0.2) is 0 Å². The van der Waals surface area contributed by atoms with Crippen LogP contribution in [-0.4, -0.2) is 28.2 Å². The third-order valence-corrected chi connectivity index (χ3v) is 1.03. The van der Waals surface area contributed by atoms with Crippen LogP contribution in [0.3, 0.4) is 0 Å². The van der Waals surface area contributed by atoms with Gasteiger partial charge in [-0.05, 0) is 31.4 Å². The van der Waals surface area contributed by atoms with Crippen LogP contribution in [0, 0.1) is 0 Å². The molecule has 0 saturated heterocycles. The minimum absolute atomic E-state index is 0.251. The number of hydrogen-bond donors (Lipinski definition) is 3. The van der Waals surface area contributed by atoms with E-state index < -0.39 is 11.3 Å². The van der Waals surface area contributed by atoms with Gasteiger partial charge in [0, 0.05) is 0 Å². The molecule has 0 radical (unpaired) electrons. The number of aliphatic hydroxyl groups excluding tert-OH is 1. The van der Waals surface area contributed by atoms with Gasteiger partial charge >= 0.3 is 6.16 Å². The summed E-state index contributed by atoms with van der Waals surface area (Å²) in [5.74, 6) is 0. The van der Waals surface area contributed by atoms with E-state index in [9.17, 15) is 4.79 Å². The number of carbonyl (C=O) groups excluding carboxylic acids is 1. The van der Waals surface area contributed by atoms with E-state index >= 15 is 0 Å². The van der Waals surface area contributed by atoms with Gasteiger partial charge in [-0.25, -0.2) is 4.79 Å². The number of thiocarbonyl (C=S) groups is 2. The van der Waals surface area contributed by atoms with E-state index in [1.807, 2.05) is 0 Å². The number of ether oxygens (including phenoxy) is 2. The largest absolute Gasteiger partial charge is 0.515 e. The second-order valence-corrected chi connectivity index (χ2v) is 3.26. The first-order chi connectivity index (χ1) is 7.81. The molecule has 0 aromatic rings. The Hall–Kier alpha value is -1.15. The Labute approximate surface area is 112 Å². The number of nitrogens with two attached hydrogens (primary N) is 2. The van der Waals surface area contributed by atoms with Gasteiger partial charge in [0.15, 0.2) is 0 Å². The van der Waals surface area contributed by atoms with Crippen molar-refractivity contribution in [2.45, 2.75) is 33.6 Å². The summed E-state index contributed by atoms with van der Waals surface area (Å²) in [5.41, 5.74) is 9.23. The van der Waals surface area contributed by atoms with Gasteiger partial charge in [0.25, 0.3) is 10.3 Å². The molecule has 0 aliphatic carbocycles. The van der Waals surface area contributed by atoms with Crippen molar-refractivity contribution in [2.24, 2.45) is 11.5 Å². The number of carbonyl (C=O) groups is 1. The lowest BCUT2D eigenvalue weighted by molar-refractivity contribution is 0.101. The summed E-state index contributed by atoms with van der Waals surface area (Å²) in [6, 6.07) is 0. The molecule has 0 unspecified atom stereocenters. The van der Waals surface area contributed by atoms with Crippen LogP contribution in [-0.2, 0) is 9.47 Å². The molecule has 0 fully saturated rings. The Kier molecular flexibility index (Phi) is 21.5. The van der Waals surface area contributed by atoms with Crippen LogP contribution in [0.1, 0.15) is 33.6 Å². The molecule has 5 N–H and O–H groups in total. The molecule has 0 aromatic heterocycles. The van der Waals surface area contributed by atoms with Crippen molar-refractivity contribution in [1.29, 1.82) is 0 Å². The highest BCUT2D eigenvalue weighted by Gasteiger charge is 2.01. The van der Waals surface area contributed by atoms with Crippen molar-refractivity contribution in [3.8, 4) is 0 Å². The molecule has 0 aromatic carbocycles. The summed E-state index contributed by atoms with van der Waals surface area (Å²) in [5, 5.41) is 6.74. The maximum atomic E-state index is 10.2. The van der Waals surface area contributed by atoms with E-state index in [2.05, 4.69) is 53.5 Å². The predicted molar refractivity (Wildman–Crippen MR) is 74.9 cm³/mol. The van der Waals surface area contributed by atoms with E-state index in [4.69, 9.17) is 10.8 Å². The second-order valence-electron chi connectivity index (χ2n) is 2.44. The average molecular weight is 284 g/mol. The van der Waals surface area contributed by atoms with Gasteiger partial charge in [0.1, 0.15) is 0 Å². The highest BCUT2D eigenvalue weighted by molar-refractivity contribution is 7.80. The molecule has 0 amide bonds. The first-order valence-electron chi connectivity index (χ1n) is 4.94. The summed E-state index contributed by atoms with van der Waals surface area (Å²) in [7, 11) is 0. The van der Waals surface area contributed by atoms with E-state index in [1.165, 1.54) is 12.8 Å². The lowest BCUT2D eigenvalue weighted by Crippen LogP contribution is -2.18. The number of hydrogen-bond acceptors (Lipinski definition) is 5. The molecule has 6 nitrogen and oxygen atoms in total. The summed E-state index contributed by atoms with van der Waals surface area (Å²) in [6.07, 6.45) is 1.78. The van der Waals surface area contributed by atoms with Gasteiger partial charge in [-0.3, -0.25) is 0 Å². The summed E-state index contributed by atoms with van der Waals surface area (Å²) >= 11 is 8.11. The quantitative estimate of drug-likeness (QED) is 0.522. The molecule has 0 aliphatic heterocycles. The molecule has 0 heterocycles. The van der Waals surface area contributed by atoms with Crippen molar-refractivity contribution >= 4 is 40.9 Å². The Morgan fingerprint density at radius 1 is 1.18 bits per heavy atom. The van der Waals surface area contributed by atoms with Gasteiger partial charge in [-0.15, -0.1) is 0 Å². The number of unbranched alkanes of at least 4 members (excludes halogenated alkanes) is 1. The maximum absolute atomic E-state index is 10.2. The fourth-order valence-electron chi connectivity index (χ4n) is 0.229. The van der Waals surface area contributed by atoms with Gasteiger partial charge in [-0.2, -0.15) is 0 Å². The lowest BCUT2D eigenvalue weighted by atomic mass is 10.4. The zero-order valence-electron chi connectivity index (χ0n) is 10.3. The van der Waals surface area contributed by atoms with Crippen LogP contribution in [0.25, 0.3) is 0 Å². The first-order valence-corrected chi connectivity index (χ1v) is 5.75. The minimum Gasteiger partial charge on any atom is -0.487 e. The molecule has 8 heteroatoms. The highest BCUT2D eigenvalue weighted by Crippen LogP contribution is 1.83. The van der Waals surface area contributed by atoms with Crippen LogP contribution in [0.5, 0.6) is 0 Å². The van der Waals surface area contributed by atoms with E-state index in [-0.39, 0.29) is 11.8 Å². The molecule has 0 aliphatic rings. The molecule has 0 saturated carbocycles. The Morgan fingerprint density at radius 2 is 1.53 bits per heavy atom. The van der Waals surface area contributed by atoms with Crippen LogP contribution in [0.2, 0.25) is 0 Å². The number of rotatable bonds is 2. The molecule has 0 rings (SSSR count). The van der Waals surface area contributed by atoms with Crippen LogP contribution in [0.4, 0.5) is 4.79 Å². The van der Waals surface area contributed by atoms with Crippen LogP contribution < -0.4 is 11.5 Å². The first kappa shape index (κ1) is 21.2. The third-order valence-electron chi connectivity index (χ3n) is 0.946. The van der Waals surface area contributed by atoms with Gasteiger partial charge in [0.2, 0.25) is 0 Å². The molecule has 0 spiro atoms. The van der Waals surface area contributed by atoms with Crippen molar-refractivity contribution in [1.82, 2.24) is 0 Å². The molecule has 0 bridgehead atoms. The number of aliphatic hydroxyl groups is 1. The van der Waals surface area contributed by atoms with Crippen LogP contribution >= 0.6 is 24.4 Å². The fraction of sp³-hybridized carbons (Fsp3) is 0.667. The average Bonchev–Trinajstić information content (AvgIpc) is 2.16. The van der Waals surface area contributed by atoms with Gasteiger partial charge in [0.05, 0.1) is 6.61 Å². The standard InChI is InChI=1S/C4H7NO3S.C4H10.CH3NOS/c1-2-7-4(6)8-3(5)9;1-3-4-2;2-1(3)4/h2H2,1H3,(H2,5,9);3-4H2,1-2H3;(H3,2,3,4). The summed E-state index contributed by atoms with van der Waals surface area (Å²) in [4.78, 5) is 10.2. The van der Waals surface area contributed by atoms with E-state index in [0.29, 0.717) is 0 Å². The molecule has 17 heavy (non-hydrogen) atoms. The van der Waals surface area contributed by atoms with Gasteiger partial charge in [-0.1, -0.05) is 26.7 Å². The fourth-order valence-corrected chi connectivity index (χ4v) is 0.297. The van der Waals surface area contributed by atoms with E-state index in [0.717, 1.165) is 0 Å². The SMILES string of the molecule is CCCC.CCOC(=O)OC(N)=S.NC(O)=S. The molecule has 0 atom stereocenters. The zero-order chi connectivity index (χ0) is 14.3.